The Morgan fingerprint density at radius 1 is 1.08 bits per heavy atom. The summed E-state index contributed by atoms with van der Waals surface area (Å²) in [6, 6.07) is 0. The van der Waals surface area contributed by atoms with E-state index in [1.807, 2.05) is 6.92 Å². The van der Waals surface area contributed by atoms with Crippen LogP contribution in [0.3, 0.4) is 0 Å². The number of cyclic esters (lactones) is 1. The molecule has 5 fully saturated rings. The highest BCUT2D eigenvalue weighted by Gasteiger charge is 2.77. The lowest BCUT2D eigenvalue weighted by Crippen LogP contribution is -2.51. The molecule has 5 aliphatic rings. The van der Waals surface area contributed by atoms with Gasteiger partial charge in [0.15, 0.2) is 11.6 Å². The number of ether oxygens (including phenoxy) is 1. The van der Waals surface area contributed by atoms with Crippen molar-refractivity contribution in [3.05, 3.63) is 12.2 Å². The summed E-state index contributed by atoms with van der Waals surface area (Å²) in [5.74, 6) is 0.231. The number of carbonyl (C=O) groups excluding carboxylic acids is 3. The molecule has 5 rings (SSSR count). The van der Waals surface area contributed by atoms with E-state index in [0.29, 0.717) is 31.4 Å². The summed E-state index contributed by atoms with van der Waals surface area (Å²) in [6.45, 7) is 8.60. The van der Waals surface area contributed by atoms with E-state index in [1.165, 1.54) is 0 Å². The van der Waals surface area contributed by atoms with Crippen molar-refractivity contribution in [3.8, 4) is 0 Å². The Hall–Kier alpha value is -1.45. The van der Waals surface area contributed by atoms with Gasteiger partial charge in [-0.15, -0.1) is 0 Å². The number of rotatable bonds is 0. The summed E-state index contributed by atoms with van der Waals surface area (Å²) < 4.78 is 5.46. The molecule has 5 unspecified atom stereocenters. The van der Waals surface area contributed by atoms with E-state index in [0.717, 1.165) is 12.8 Å². The Morgan fingerprint density at radius 3 is 2.58 bits per heavy atom. The number of esters is 1. The van der Waals surface area contributed by atoms with E-state index < -0.39 is 10.8 Å². The van der Waals surface area contributed by atoms with Gasteiger partial charge in [0.1, 0.15) is 0 Å². The minimum absolute atomic E-state index is 0.0163. The zero-order chi connectivity index (χ0) is 17.1. The van der Waals surface area contributed by atoms with Crippen molar-refractivity contribution in [2.45, 2.75) is 46.0 Å². The molecule has 0 amide bonds. The lowest BCUT2D eigenvalue weighted by atomic mass is 9.49. The first kappa shape index (κ1) is 14.9. The number of fused-ring (bicyclic) bond motifs is 5. The molecule has 4 heteroatoms. The standard InChI is InChI=1S/C20H24O4/c1-10-11-4-5-13-19(3)12(16(22)20(13,8-11)15(10)21)6-7-18(2)14(19)9-24-17(18)23/h11-14H,1,4-9H2,2-3H3/t11-,12?,13?,14?,18?,19?,20+/m1/s1. The van der Waals surface area contributed by atoms with Crippen LogP contribution < -0.4 is 0 Å². The molecule has 4 aliphatic carbocycles. The van der Waals surface area contributed by atoms with Gasteiger partial charge in [-0.05, 0) is 61.9 Å². The maximum absolute atomic E-state index is 13.5. The second-order valence-electron chi connectivity index (χ2n) is 9.25. The summed E-state index contributed by atoms with van der Waals surface area (Å²) in [4.78, 5) is 39.0. The minimum atomic E-state index is -0.837. The van der Waals surface area contributed by atoms with Crippen LogP contribution in [0, 0.1) is 39.9 Å². The van der Waals surface area contributed by atoms with Crippen molar-refractivity contribution in [3.63, 3.8) is 0 Å². The van der Waals surface area contributed by atoms with E-state index in [4.69, 9.17) is 4.74 Å². The Morgan fingerprint density at radius 2 is 1.83 bits per heavy atom. The van der Waals surface area contributed by atoms with Crippen LogP contribution in [0.15, 0.2) is 12.2 Å². The van der Waals surface area contributed by atoms with Gasteiger partial charge in [-0.3, -0.25) is 14.4 Å². The Bertz CT molecular complexity index is 723. The average Bonchev–Trinajstić information content (AvgIpc) is 3.04. The van der Waals surface area contributed by atoms with Crippen LogP contribution in [0.25, 0.3) is 0 Å². The van der Waals surface area contributed by atoms with Crippen molar-refractivity contribution in [2.24, 2.45) is 39.9 Å². The van der Waals surface area contributed by atoms with E-state index in [-0.39, 0.29) is 46.6 Å². The summed E-state index contributed by atoms with van der Waals surface area (Å²) in [6.07, 6.45) is 3.92. The molecular formula is C20H24O4. The molecular weight excluding hydrogens is 304 g/mol. The highest BCUT2D eigenvalue weighted by Crippen LogP contribution is 2.74. The molecule has 1 aliphatic heterocycles. The maximum atomic E-state index is 13.5. The Labute approximate surface area is 142 Å². The molecule has 24 heavy (non-hydrogen) atoms. The summed E-state index contributed by atoms with van der Waals surface area (Å²) in [7, 11) is 0. The van der Waals surface area contributed by atoms with Crippen LogP contribution in [-0.2, 0) is 19.1 Å². The normalized spacial score (nSPS) is 55.2. The summed E-state index contributed by atoms with van der Waals surface area (Å²) in [5, 5.41) is 0. The monoisotopic (exact) mass is 328 g/mol. The van der Waals surface area contributed by atoms with E-state index >= 15 is 0 Å². The Balaban J connectivity index is 1.70. The molecule has 0 aromatic carbocycles. The zero-order valence-corrected chi connectivity index (χ0v) is 14.4. The van der Waals surface area contributed by atoms with Gasteiger partial charge in [0.05, 0.1) is 17.4 Å². The fourth-order valence-electron chi connectivity index (χ4n) is 7.49. The van der Waals surface area contributed by atoms with Gasteiger partial charge in [-0.2, -0.15) is 0 Å². The first-order valence-corrected chi connectivity index (χ1v) is 9.23. The Kier molecular flexibility index (Phi) is 2.49. The second-order valence-corrected chi connectivity index (χ2v) is 9.25. The number of ketones is 2. The highest BCUT2D eigenvalue weighted by atomic mass is 16.5. The SMILES string of the molecule is C=C1C(=O)[C@]23C[C@H]1CCC2C1(C)C(CCC2(C)C(=O)OCC21)C3=O. The lowest BCUT2D eigenvalue weighted by Gasteiger charge is -2.51. The molecule has 0 N–H and O–H groups in total. The predicted molar refractivity (Wildman–Crippen MR) is 85.8 cm³/mol. The number of carbonyl (C=O) groups is 3. The number of hydrogen-bond acceptors (Lipinski definition) is 4. The van der Waals surface area contributed by atoms with Gasteiger partial charge >= 0.3 is 5.97 Å². The first-order valence-electron chi connectivity index (χ1n) is 9.23. The average molecular weight is 328 g/mol. The molecule has 7 atom stereocenters. The van der Waals surface area contributed by atoms with Gasteiger partial charge in [-0.1, -0.05) is 13.5 Å². The quantitative estimate of drug-likeness (QED) is 0.390. The molecule has 4 nitrogen and oxygen atoms in total. The lowest BCUT2D eigenvalue weighted by molar-refractivity contribution is -0.149. The van der Waals surface area contributed by atoms with Crippen LogP contribution in [0.4, 0.5) is 0 Å². The third-order valence-corrected chi connectivity index (χ3v) is 8.73. The second kappa shape index (κ2) is 4.03. The van der Waals surface area contributed by atoms with Crippen molar-refractivity contribution in [2.75, 3.05) is 6.61 Å². The first-order chi connectivity index (χ1) is 11.3. The van der Waals surface area contributed by atoms with Crippen molar-refractivity contribution in [1.29, 1.82) is 0 Å². The number of hydrogen-bond donors (Lipinski definition) is 0. The van der Waals surface area contributed by atoms with Crippen LogP contribution in [-0.4, -0.2) is 24.1 Å². The molecule has 4 saturated carbocycles. The topological polar surface area (TPSA) is 60.4 Å². The molecule has 0 aromatic rings. The van der Waals surface area contributed by atoms with E-state index in [2.05, 4.69) is 13.5 Å². The molecule has 1 saturated heterocycles. The molecule has 0 aromatic heterocycles. The summed E-state index contributed by atoms with van der Waals surface area (Å²) >= 11 is 0. The van der Waals surface area contributed by atoms with Crippen LogP contribution >= 0.6 is 0 Å². The van der Waals surface area contributed by atoms with Crippen molar-refractivity contribution >= 4 is 17.5 Å². The van der Waals surface area contributed by atoms with Gasteiger partial charge in [0, 0.05) is 11.8 Å². The van der Waals surface area contributed by atoms with Crippen molar-refractivity contribution in [1.82, 2.24) is 0 Å². The molecule has 1 spiro atoms. The van der Waals surface area contributed by atoms with Crippen LogP contribution in [0.2, 0.25) is 0 Å². The molecule has 0 radical (unpaired) electrons. The molecule has 128 valence electrons. The predicted octanol–water partition coefficient (Wildman–Crippen LogP) is 2.71. The zero-order valence-electron chi connectivity index (χ0n) is 14.4. The number of Topliss-reactive ketones (excluding diaryl/α,β-unsaturated/α-hetero) is 2. The van der Waals surface area contributed by atoms with Crippen molar-refractivity contribution < 1.29 is 19.1 Å². The van der Waals surface area contributed by atoms with E-state index in [1.54, 1.807) is 0 Å². The van der Waals surface area contributed by atoms with E-state index in [9.17, 15) is 14.4 Å². The third kappa shape index (κ3) is 1.24. The fourth-order valence-corrected chi connectivity index (χ4v) is 7.49. The van der Waals surface area contributed by atoms with Gasteiger partial charge in [-0.25, -0.2) is 0 Å². The third-order valence-electron chi connectivity index (χ3n) is 8.73. The van der Waals surface area contributed by atoms with Gasteiger partial charge in [0.25, 0.3) is 0 Å². The largest absolute Gasteiger partial charge is 0.465 e. The highest BCUT2D eigenvalue weighted by molar-refractivity contribution is 6.19. The minimum Gasteiger partial charge on any atom is -0.465 e. The molecule has 1 heterocycles. The summed E-state index contributed by atoms with van der Waals surface area (Å²) in [5.41, 5.74) is -0.959. The molecule has 2 bridgehead atoms. The smallest absolute Gasteiger partial charge is 0.312 e. The van der Waals surface area contributed by atoms with Gasteiger partial charge in [0.2, 0.25) is 0 Å². The maximum Gasteiger partial charge on any atom is 0.312 e. The fraction of sp³-hybridized carbons (Fsp3) is 0.750. The van der Waals surface area contributed by atoms with Gasteiger partial charge < -0.3 is 4.74 Å². The van der Waals surface area contributed by atoms with Crippen LogP contribution in [0.1, 0.15) is 46.0 Å². The van der Waals surface area contributed by atoms with Crippen LogP contribution in [0.5, 0.6) is 0 Å². The number of allylic oxidation sites excluding steroid dienone is 1.